The first-order chi connectivity index (χ1) is 6.69. The minimum Gasteiger partial charge on any atom is -0.496 e. The van der Waals surface area contributed by atoms with Crippen LogP contribution in [0.4, 0.5) is 0 Å². The monoisotopic (exact) mass is 210 g/mol. The second-order valence-electron chi connectivity index (χ2n) is 2.45. The van der Waals surface area contributed by atoms with Crippen LogP contribution in [0.25, 0.3) is 5.53 Å². The van der Waals surface area contributed by atoms with Gasteiger partial charge in [-0.3, -0.25) is 4.79 Å². The molecule has 0 saturated heterocycles. The molecule has 0 aliphatic heterocycles. The summed E-state index contributed by atoms with van der Waals surface area (Å²) in [6, 6.07) is 4.58. The fraction of sp³-hybridized carbons (Fsp3) is 0.111. The number of carbonyl (C=O) groups is 1. The lowest BCUT2D eigenvalue weighted by Gasteiger charge is -2.03. The van der Waals surface area contributed by atoms with Crippen LogP contribution in [0.2, 0.25) is 5.02 Å². The Morgan fingerprint density at radius 3 is 2.93 bits per heavy atom. The maximum atomic E-state index is 11.3. The van der Waals surface area contributed by atoms with Gasteiger partial charge in [-0.2, -0.15) is 4.79 Å². The highest BCUT2D eigenvalue weighted by Gasteiger charge is 2.13. The van der Waals surface area contributed by atoms with Crippen molar-refractivity contribution in [2.45, 2.75) is 0 Å². The molecule has 4 nitrogen and oxygen atoms in total. The molecule has 1 aromatic rings. The zero-order chi connectivity index (χ0) is 10.6. The van der Waals surface area contributed by atoms with Gasteiger partial charge in [0.15, 0.2) is 0 Å². The first-order valence-electron chi connectivity index (χ1n) is 3.74. The van der Waals surface area contributed by atoms with Crippen LogP contribution in [0, 0.1) is 0 Å². The summed E-state index contributed by atoms with van der Waals surface area (Å²) in [7, 11) is 1.43. The van der Waals surface area contributed by atoms with Gasteiger partial charge in [0.05, 0.1) is 12.7 Å². The third-order valence-corrected chi connectivity index (χ3v) is 1.84. The molecule has 0 unspecified atom stereocenters. The Bertz CT molecular complexity index is 411. The van der Waals surface area contributed by atoms with Crippen molar-refractivity contribution < 1.29 is 14.3 Å². The molecule has 1 aromatic carbocycles. The lowest BCUT2D eigenvalue weighted by molar-refractivity contribution is 0.00232. The lowest BCUT2D eigenvalue weighted by atomic mass is 10.1. The highest BCUT2D eigenvalue weighted by Crippen LogP contribution is 2.22. The predicted octanol–water partition coefficient (Wildman–Crippen LogP) is 1.83. The van der Waals surface area contributed by atoms with Gasteiger partial charge < -0.3 is 10.3 Å². The Morgan fingerprint density at radius 2 is 2.36 bits per heavy atom. The van der Waals surface area contributed by atoms with Crippen molar-refractivity contribution in [1.82, 2.24) is 0 Å². The molecule has 0 aliphatic rings. The molecule has 0 aliphatic carbocycles. The second-order valence-corrected chi connectivity index (χ2v) is 2.89. The zero-order valence-corrected chi connectivity index (χ0v) is 8.15. The van der Waals surface area contributed by atoms with E-state index < -0.39 is 5.78 Å². The average molecular weight is 211 g/mol. The van der Waals surface area contributed by atoms with E-state index >= 15 is 0 Å². The summed E-state index contributed by atoms with van der Waals surface area (Å²) in [5.74, 6) is -0.0941. The van der Waals surface area contributed by atoms with Crippen LogP contribution < -0.4 is 4.74 Å². The first kappa shape index (κ1) is 10.4. The van der Waals surface area contributed by atoms with E-state index in [9.17, 15) is 4.79 Å². The molecule has 0 heterocycles. The van der Waals surface area contributed by atoms with E-state index in [4.69, 9.17) is 21.9 Å². The number of hydrogen-bond donors (Lipinski definition) is 0. The van der Waals surface area contributed by atoms with Crippen molar-refractivity contribution in [3.8, 4) is 5.75 Å². The third kappa shape index (κ3) is 2.19. The smallest absolute Gasteiger partial charge is 0.328 e. The number of benzene rings is 1. The summed E-state index contributed by atoms with van der Waals surface area (Å²) in [5, 5.41) is 0.472. The van der Waals surface area contributed by atoms with Crippen LogP contribution in [-0.2, 0) is 0 Å². The third-order valence-electron chi connectivity index (χ3n) is 1.60. The van der Waals surface area contributed by atoms with Crippen molar-refractivity contribution in [3.63, 3.8) is 0 Å². The molecule has 0 saturated carbocycles. The van der Waals surface area contributed by atoms with Gasteiger partial charge >= 0.3 is 6.21 Å². The highest BCUT2D eigenvalue weighted by molar-refractivity contribution is 6.35. The van der Waals surface area contributed by atoms with Gasteiger partial charge in [0.2, 0.25) is 0 Å². The van der Waals surface area contributed by atoms with Gasteiger partial charge in [-0.25, -0.2) is 0 Å². The topological polar surface area (TPSA) is 62.7 Å². The Labute approximate surface area is 85.7 Å². The summed E-state index contributed by atoms with van der Waals surface area (Å²) in [6.45, 7) is 0. The number of nitrogens with zero attached hydrogens (tertiary/aromatic N) is 2. The quantitative estimate of drug-likeness (QED) is 0.331. The van der Waals surface area contributed by atoms with E-state index in [-0.39, 0.29) is 0 Å². The number of ether oxygens (including phenoxy) is 1. The van der Waals surface area contributed by atoms with Crippen molar-refractivity contribution >= 4 is 23.6 Å². The molecule has 1 rings (SSSR count). The molecule has 0 atom stereocenters. The SMILES string of the molecule is COc1cc(Cl)ccc1C(=O)C=[N+]=[N-]. The van der Waals surface area contributed by atoms with Gasteiger partial charge in [-0.05, 0) is 18.2 Å². The van der Waals surface area contributed by atoms with E-state index in [1.807, 2.05) is 0 Å². The van der Waals surface area contributed by atoms with E-state index in [1.165, 1.54) is 19.2 Å². The summed E-state index contributed by atoms with van der Waals surface area (Å²) in [4.78, 5) is 14.0. The van der Waals surface area contributed by atoms with Crippen LogP contribution in [0.1, 0.15) is 10.4 Å². The van der Waals surface area contributed by atoms with E-state index in [1.54, 1.807) is 6.07 Å². The summed E-state index contributed by atoms with van der Waals surface area (Å²) in [5.41, 5.74) is 8.50. The summed E-state index contributed by atoms with van der Waals surface area (Å²) >= 11 is 5.70. The fourth-order valence-electron chi connectivity index (χ4n) is 0.991. The van der Waals surface area contributed by atoms with Crippen LogP contribution in [0.3, 0.4) is 0 Å². The van der Waals surface area contributed by atoms with Crippen LogP contribution >= 0.6 is 11.6 Å². The summed E-state index contributed by atoms with van der Waals surface area (Å²) in [6.07, 6.45) is 0.797. The van der Waals surface area contributed by atoms with Crippen molar-refractivity contribution in [3.05, 3.63) is 34.3 Å². The van der Waals surface area contributed by atoms with E-state index in [2.05, 4.69) is 4.79 Å². The minimum absolute atomic E-state index is 0.301. The fourth-order valence-corrected chi connectivity index (χ4v) is 1.15. The van der Waals surface area contributed by atoms with Crippen LogP contribution in [-0.4, -0.2) is 23.9 Å². The number of methoxy groups -OCH3 is 1. The number of Topliss-reactive ketones (excluding diaryl/α,β-unsaturated/α-hetero) is 1. The maximum absolute atomic E-state index is 11.3. The van der Waals surface area contributed by atoms with Crippen molar-refractivity contribution in [1.29, 1.82) is 0 Å². The van der Waals surface area contributed by atoms with Crippen LogP contribution in [0.5, 0.6) is 5.75 Å². The second kappa shape index (κ2) is 4.56. The van der Waals surface area contributed by atoms with Crippen molar-refractivity contribution in [2.24, 2.45) is 0 Å². The predicted molar refractivity (Wildman–Crippen MR) is 52.0 cm³/mol. The molecule has 0 aromatic heterocycles. The van der Waals surface area contributed by atoms with Crippen LogP contribution in [0.15, 0.2) is 18.2 Å². The van der Waals surface area contributed by atoms with E-state index in [0.29, 0.717) is 16.3 Å². The Balaban J connectivity index is 3.20. The molecule has 14 heavy (non-hydrogen) atoms. The van der Waals surface area contributed by atoms with Crippen molar-refractivity contribution in [2.75, 3.05) is 7.11 Å². The zero-order valence-electron chi connectivity index (χ0n) is 7.40. The molecule has 0 bridgehead atoms. The molecular weight excluding hydrogens is 204 g/mol. The number of hydrogen-bond acceptors (Lipinski definition) is 2. The number of rotatable bonds is 3. The number of ketones is 1. The molecule has 0 amide bonds. The molecule has 72 valence electrons. The first-order valence-corrected chi connectivity index (χ1v) is 4.12. The highest BCUT2D eigenvalue weighted by atomic mass is 35.5. The normalized spacial score (nSPS) is 9.00. The van der Waals surface area contributed by atoms with Gasteiger partial charge in [0.25, 0.3) is 5.78 Å². The Kier molecular flexibility index (Phi) is 3.40. The Hall–Kier alpha value is -1.64. The van der Waals surface area contributed by atoms with Gasteiger partial charge in [-0.1, -0.05) is 11.6 Å². The number of carbonyl (C=O) groups excluding carboxylic acids is 1. The minimum atomic E-state index is -0.444. The van der Waals surface area contributed by atoms with E-state index in [0.717, 1.165) is 6.21 Å². The lowest BCUT2D eigenvalue weighted by Crippen LogP contribution is -2.03. The van der Waals surface area contributed by atoms with Gasteiger partial charge in [-0.15, -0.1) is 0 Å². The number of halogens is 1. The molecule has 0 radical (unpaired) electrons. The maximum Gasteiger partial charge on any atom is 0.328 e. The molecule has 5 heteroatoms. The largest absolute Gasteiger partial charge is 0.496 e. The molecular formula is C9H7ClN2O2. The standard InChI is InChI=1S/C9H7ClN2O2/c1-14-9-4-6(10)2-3-7(9)8(13)5-12-11/h2-5H,1H3. The molecule has 0 fully saturated rings. The summed E-state index contributed by atoms with van der Waals surface area (Å²) < 4.78 is 4.95. The average Bonchev–Trinajstić information content (AvgIpc) is 2.17. The molecule has 0 spiro atoms. The van der Waals surface area contributed by atoms with Gasteiger partial charge in [0.1, 0.15) is 5.75 Å². The molecule has 0 N–H and O–H groups in total. The van der Waals surface area contributed by atoms with Gasteiger partial charge in [0, 0.05) is 5.02 Å². The Morgan fingerprint density at radius 1 is 1.64 bits per heavy atom.